The van der Waals surface area contributed by atoms with Gasteiger partial charge >= 0.3 is 41.5 Å². The summed E-state index contributed by atoms with van der Waals surface area (Å²) in [4.78, 5) is 117. The Morgan fingerprint density at radius 1 is 0.529 bits per heavy atom. The average Bonchev–Trinajstić information content (AvgIpc) is 4.17. The number of benzene rings is 4. The van der Waals surface area contributed by atoms with Crippen molar-refractivity contribution in [2.45, 2.75) is 88.7 Å². The van der Waals surface area contributed by atoms with E-state index in [1.807, 2.05) is 97.1 Å². The number of anilines is 2. The monoisotopic (exact) mass is 1220 g/mol. The number of imide groups is 1. The molecule has 25 heteroatoms. The molecule has 0 aromatic heterocycles. The van der Waals surface area contributed by atoms with Gasteiger partial charge in [-0.2, -0.15) is 0 Å². The third kappa shape index (κ3) is 21.4. The molecule has 2 atom stereocenters. The van der Waals surface area contributed by atoms with Crippen molar-refractivity contribution in [2.24, 2.45) is 0 Å². The van der Waals surface area contributed by atoms with Gasteiger partial charge in [-0.25, -0.2) is 13.2 Å². The molecule has 4 aromatic carbocycles. The van der Waals surface area contributed by atoms with E-state index in [-0.39, 0.29) is 125 Å². The van der Waals surface area contributed by atoms with E-state index in [9.17, 15) is 56.1 Å². The molecule has 23 nitrogen and oxygen atoms in total. The largest absolute Gasteiger partial charge is 1.00 e. The maximum atomic E-state index is 13.2. The molecular formula is C62H65N4NaO19S. The third-order valence-corrected chi connectivity index (χ3v) is 14.6. The summed E-state index contributed by atoms with van der Waals surface area (Å²) in [6.07, 6.45) is -1.78. The van der Waals surface area contributed by atoms with Crippen LogP contribution in [-0.2, 0) is 99.6 Å². The van der Waals surface area contributed by atoms with Crippen molar-refractivity contribution in [1.82, 2.24) is 10.4 Å². The van der Waals surface area contributed by atoms with Crippen LogP contribution < -0.4 is 44.7 Å². The summed E-state index contributed by atoms with van der Waals surface area (Å²) in [5.41, 5.74) is 6.60. The number of para-hydroxylation sites is 2. The molecule has 0 bridgehead atoms. The van der Waals surface area contributed by atoms with Crippen LogP contribution in [0.2, 0.25) is 0 Å². The number of esters is 1. The molecule has 87 heavy (non-hydrogen) atoms. The molecule has 1 aliphatic carbocycles. The zero-order chi connectivity index (χ0) is 61.3. The molecule has 3 heterocycles. The first-order valence-corrected chi connectivity index (χ1v) is 29.5. The molecule has 1 saturated heterocycles. The Balaban J connectivity index is 0.000000289. The van der Waals surface area contributed by atoms with Crippen LogP contribution in [0.25, 0.3) is 0 Å². The van der Waals surface area contributed by atoms with Crippen molar-refractivity contribution in [3.05, 3.63) is 130 Å². The normalized spacial score (nSPS) is 15.6. The Kier molecular flexibility index (Phi) is 27.9. The number of hydroxylamine groups is 2. The topological polar surface area (TPSA) is 297 Å². The molecule has 4 aromatic rings. The average molecular weight is 1230 g/mol. The van der Waals surface area contributed by atoms with Crippen LogP contribution in [-0.4, -0.2) is 155 Å². The fourth-order valence-electron chi connectivity index (χ4n) is 9.01. The quantitative estimate of drug-likeness (QED) is 0.0149. The Labute approximate surface area is 526 Å². The number of carbonyl (C=O) groups excluding carboxylic acids is 9. The summed E-state index contributed by atoms with van der Waals surface area (Å²) in [6, 6.07) is 30.3. The molecular weight excluding hydrogens is 1160 g/mol. The number of hydrogen-bond acceptors (Lipinski definition) is 19. The number of rotatable bonds is 29. The molecule has 1 N–H and O–H groups in total. The fourth-order valence-corrected chi connectivity index (χ4v) is 9.79. The van der Waals surface area contributed by atoms with E-state index in [0.717, 1.165) is 39.1 Å². The minimum Gasteiger partial charge on any atom is -0.747 e. The van der Waals surface area contributed by atoms with Crippen molar-refractivity contribution >= 4 is 74.5 Å². The number of Topliss-reactive ketones (excluding diaryl/α,β-unsaturated/α-hetero) is 2. The second-order valence-corrected chi connectivity index (χ2v) is 21.2. The van der Waals surface area contributed by atoms with E-state index in [2.05, 4.69) is 29.0 Å². The van der Waals surface area contributed by atoms with Crippen LogP contribution in [0, 0.1) is 23.7 Å². The van der Waals surface area contributed by atoms with Crippen LogP contribution in [0.15, 0.2) is 97.1 Å². The van der Waals surface area contributed by atoms with Crippen molar-refractivity contribution in [3.8, 4) is 23.7 Å². The molecule has 0 radical (unpaired) electrons. The van der Waals surface area contributed by atoms with Crippen LogP contribution in [0.1, 0.15) is 97.6 Å². The molecule has 8 rings (SSSR count). The fraction of sp³-hybridized carbons (Fsp3) is 0.403. The molecule has 4 aliphatic rings. The summed E-state index contributed by atoms with van der Waals surface area (Å²) in [6.45, 7) is 4.05. The number of amides is 5. The van der Waals surface area contributed by atoms with Gasteiger partial charge < -0.3 is 52.9 Å². The van der Waals surface area contributed by atoms with Crippen LogP contribution in [0.4, 0.5) is 11.4 Å². The SMILES string of the molecule is O=C(CCCCC(=O)N1Cc2ccccc2C#Cc2ccccc21)OC1C(=O)C[C@H](S(=O)(=O)[O-])C1=O.O=C(CCOCCOCCOCCOCCOCCC(=O)ON1C(=O)CCC1=O)NCCC(=O)N1Cc2ccccc2C#Cc2ccccc21.[Na+]. The van der Waals surface area contributed by atoms with Crippen molar-refractivity contribution in [2.75, 3.05) is 82.4 Å². The maximum absolute atomic E-state index is 13.2. The summed E-state index contributed by atoms with van der Waals surface area (Å²) in [5, 5.41) is 1.29. The van der Waals surface area contributed by atoms with E-state index in [0.29, 0.717) is 76.5 Å². The third-order valence-electron chi connectivity index (χ3n) is 13.5. The molecule has 454 valence electrons. The minimum atomic E-state index is -5.00. The van der Waals surface area contributed by atoms with Gasteiger partial charge in [-0.15, -0.1) is 5.06 Å². The van der Waals surface area contributed by atoms with E-state index >= 15 is 0 Å². The molecule has 5 amide bonds. The Morgan fingerprint density at radius 3 is 1.45 bits per heavy atom. The first kappa shape index (κ1) is 68.7. The van der Waals surface area contributed by atoms with Gasteiger partial charge in [-0.3, -0.25) is 38.4 Å². The number of unbranched alkanes of at least 4 members (excludes halogenated alkanes) is 1. The summed E-state index contributed by atoms with van der Waals surface area (Å²) in [7, 11) is -5.00. The number of nitrogens with zero attached hydrogens (tertiary/aromatic N) is 3. The van der Waals surface area contributed by atoms with Crippen LogP contribution in [0.5, 0.6) is 0 Å². The maximum Gasteiger partial charge on any atom is 1.00 e. The van der Waals surface area contributed by atoms with Gasteiger partial charge in [-0.05, 0) is 60.4 Å². The number of nitrogens with one attached hydrogen (secondary N) is 1. The van der Waals surface area contributed by atoms with Gasteiger partial charge in [0.15, 0.2) is 11.6 Å². The molecule has 1 unspecified atom stereocenters. The second-order valence-electron chi connectivity index (χ2n) is 19.6. The number of ether oxygens (including phenoxy) is 6. The van der Waals surface area contributed by atoms with Crippen LogP contribution >= 0.6 is 0 Å². The van der Waals surface area contributed by atoms with Crippen molar-refractivity contribution < 1.29 is 119 Å². The Bertz CT molecular complexity index is 3360. The Morgan fingerprint density at radius 2 is 0.954 bits per heavy atom. The summed E-state index contributed by atoms with van der Waals surface area (Å²) < 4.78 is 65.2. The zero-order valence-electron chi connectivity index (χ0n) is 48.2. The first-order valence-electron chi connectivity index (χ1n) is 28.0. The van der Waals surface area contributed by atoms with E-state index in [1.54, 1.807) is 9.80 Å². The number of fused-ring (bicyclic) bond motifs is 4. The molecule has 1 saturated carbocycles. The molecule has 2 fully saturated rings. The van der Waals surface area contributed by atoms with E-state index in [4.69, 9.17) is 33.3 Å². The standard InChI is InChI=1S/C36H43N3O11.C26H23NO8S.Na/c40-32(37-16-13-33(41)38-27-30-7-2-1-5-28(30)9-10-29-6-3-4-8-31(29)38)14-17-45-19-21-47-23-25-49-26-24-48-22-20-46-18-15-36(44)50-39-34(42)11-12-35(39)43;28-21-15-22(36(32,33)34)25(31)26(21)35-24(30)12-6-5-11-23(29)27-16-19-9-2-1-7-17(19)13-14-18-8-3-4-10-20(18)27;/h1-8H,11-27H2,(H,37,40);1-4,7-10,22,26H,5-6,11-12,15-16H2,(H,32,33,34);/q;;+1/p-1/t;22-,26?;/m.0./s1. The van der Waals surface area contributed by atoms with Crippen molar-refractivity contribution in [1.29, 1.82) is 0 Å². The van der Waals surface area contributed by atoms with Gasteiger partial charge in [0.25, 0.3) is 11.8 Å². The minimum absolute atomic E-state index is 0. The van der Waals surface area contributed by atoms with E-state index in [1.165, 1.54) is 0 Å². The predicted octanol–water partition coefficient (Wildman–Crippen LogP) is 0.775. The van der Waals surface area contributed by atoms with Gasteiger partial charge in [0.1, 0.15) is 15.4 Å². The first-order chi connectivity index (χ1) is 41.6. The van der Waals surface area contributed by atoms with Gasteiger partial charge in [-0.1, -0.05) is 84.3 Å². The van der Waals surface area contributed by atoms with Gasteiger partial charge in [0.2, 0.25) is 23.8 Å². The smallest absolute Gasteiger partial charge is 0.747 e. The number of carbonyl (C=O) groups is 9. The number of ketones is 2. The molecule has 0 spiro atoms. The Hall–Kier alpha value is -7.46. The summed E-state index contributed by atoms with van der Waals surface area (Å²) >= 11 is 0. The van der Waals surface area contributed by atoms with E-state index < -0.39 is 63.2 Å². The summed E-state index contributed by atoms with van der Waals surface area (Å²) in [5.74, 6) is 7.47. The van der Waals surface area contributed by atoms with Crippen LogP contribution in [0.3, 0.4) is 0 Å². The predicted molar refractivity (Wildman–Crippen MR) is 305 cm³/mol. The van der Waals surface area contributed by atoms with Gasteiger partial charge in [0, 0.05) is 73.7 Å². The number of hydrogen-bond donors (Lipinski definition) is 1. The van der Waals surface area contributed by atoms with Gasteiger partial charge in [0.05, 0.1) is 97.0 Å². The zero-order valence-corrected chi connectivity index (χ0v) is 51.0. The molecule has 3 aliphatic heterocycles. The second kappa shape index (κ2) is 35.4. The van der Waals surface area contributed by atoms with Crippen molar-refractivity contribution in [3.63, 3.8) is 0 Å².